The number of ether oxygens (including phenoxy) is 2. The molecule has 1 saturated carbocycles. The monoisotopic (exact) mass is 383 g/mol. The molecule has 0 saturated heterocycles. The Morgan fingerprint density at radius 3 is 2.93 bits per heavy atom. The average Bonchev–Trinajstić information content (AvgIpc) is 3.43. The number of fused-ring (bicyclic) bond motifs is 1. The van der Waals surface area contributed by atoms with Crippen molar-refractivity contribution in [2.45, 2.75) is 51.2 Å². The van der Waals surface area contributed by atoms with Crippen LogP contribution in [0.1, 0.15) is 43.9 Å². The zero-order chi connectivity index (χ0) is 19.7. The van der Waals surface area contributed by atoms with Crippen LogP contribution in [0, 0.1) is 0 Å². The second-order valence-electron chi connectivity index (χ2n) is 8.02. The highest BCUT2D eigenvalue weighted by atomic mass is 16.5. The fraction of sp³-hybridized carbons (Fsp3) is 0.476. The van der Waals surface area contributed by atoms with Gasteiger partial charge in [0.1, 0.15) is 5.60 Å². The Balaban J connectivity index is 1.28. The van der Waals surface area contributed by atoms with E-state index < -0.39 is 0 Å². The fourth-order valence-electron chi connectivity index (χ4n) is 3.42. The van der Waals surface area contributed by atoms with E-state index in [1.807, 2.05) is 26.0 Å². The standard InChI is InChI=1S/C21H25N3O4/c1-21(2)12-15-4-3-5-17(20(15)28-21)27-13-18(25)22-10-11-24-19(26)9-8-16(23-24)14-6-7-14/h3-5,8-9,14H,6-7,10-13H2,1-2H3,(H,22,25). The van der Waals surface area contributed by atoms with Crippen LogP contribution in [0.4, 0.5) is 0 Å². The van der Waals surface area contributed by atoms with E-state index in [2.05, 4.69) is 10.4 Å². The van der Waals surface area contributed by atoms with Gasteiger partial charge in [-0.3, -0.25) is 9.59 Å². The maximum absolute atomic E-state index is 12.1. The van der Waals surface area contributed by atoms with Crippen molar-refractivity contribution in [3.8, 4) is 11.5 Å². The van der Waals surface area contributed by atoms with Gasteiger partial charge in [0.2, 0.25) is 0 Å². The van der Waals surface area contributed by atoms with Crippen molar-refractivity contribution in [1.82, 2.24) is 15.1 Å². The molecule has 0 atom stereocenters. The molecule has 7 nitrogen and oxygen atoms in total. The van der Waals surface area contributed by atoms with Crippen molar-refractivity contribution < 1.29 is 14.3 Å². The molecule has 1 aromatic heterocycles. The number of nitrogens with one attached hydrogen (secondary N) is 1. The number of carbonyl (C=O) groups excluding carboxylic acids is 1. The summed E-state index contributed by atoms with van der Waals surface area (Å²) in [6, 6.07) is 9.06. The Bertz CT molecular complexity index is 947. The molecule has 0 spiro atoms. The van der Waals surface area contributed by atoms with Gasteiger partial charge in [0.05, 0.1) is 12.2 Å². The van der Waals surface area contributed by atoms with Crippen LogP contribution in [0.15, 0.2) is 35.1 Å². The highest BCUT2D eigenvalue weighted by Gasteiger charge is 2.32. The Hall–Kier alpha value is -2.83. The largest absolute Gasteiger partial charge is 0.483 e. The zero-order valence-electron chi connectivity index (χ0n) is 16.2. The molecule has 148 valence electrons. The number of nitrogens with zero attached hydrogens (tertiary/aromatic N) is 2. The predicted molar refractivity (Wildman–Crippen MR) is 104 cm³/mol. The fourth-order valence-corrected chi connectivity index (χ4v) is 3.42. The van der Waals surface area contributed by atoms with Crippen molar-refractivity contribution in [3.63, 3.8) is 0 Å². The zero-order valence-corrected chi connectivity index (χ0v) is 16.2. The number of hydrogen-bond acceptors (Lipinski definition) is 5. The maximum Gasteiger partial charge on any atom is 0.266 e. The third-order valence-electron chi connectivity index (χ3n) is 4.94. The molecule has 4 rings (SSSR count). The van der Waals surface area contributed by atoms with Crippen LogP contribution in [-0.2, 0) is 17.8 Å². The van der Waals surface area contributed by atoms with E-state index >= 15 is 0 Å². The van der Waals surface area contributed by atoms with E-state index in [4.69, 9.17) is 9.47 Å². The summed E-state index contributed by atoms with van der Waals surface area (Å²) in [7, 11) is 0. The molecular weight excluding hydrogens is 358 g/mol. The average molecular weight is 383 g/mol. The molecule has 2 aromatic rings. The van der Waals surface area contributed by atoms with Gasteiger partial charge in [-0.25, -0.2) is 4.68 Å². The molecule has 0 radical (unpaired) electrons. The van der Waals surface area contributed by atoms with Gasteiger partial charge in [0.25, 0.3) is 11.5 Å². The maximum atomic E-state index is 12.1. The molecule has 1 amide bonds. The number of amides is 1. The number of para-hydroxylation sites is 1. The van der Waals surface area contributed by atoms with Gasteiger partial charge in [-0.1, -0.05) is 12.1 Å². The van der Waals surface area contributed by atoms with E-state index in [0.717, 1.165) is 30.5 Å². The summed E-state index contributed by atoms with van der Waals surface area (Å²) < 4.78 is 13.0. The molecule has 7 heteroatoms. The number of carbonyl (C=O) groups is 1. The smallest absolute Gasteiger partial charge is 0.266 e. The molecular formula is C21H25N3O4. The lowest BCUT2D eigenvalue weighted by Crippen LogP contribution is -2.34. The second kappa shape index (κ2) is 7.30. The first-order valence-electron chi connectivity index (χ1n) is 9.70. The van der Waals surface area contributed by atoms with E-state index in [-0.39, 0.29) is 23.7 Å². The minimum Gasteiger partial charge on any atom is -0.483 e. The first kappa shape index (κ1) is 18.5. The number of benzene rings is 1. The van der Waals surface area contributed by atoms with Crippen LogP contribution in [0.25, 0.3) is 0 Å². The van der Waals surface area contributed by atoms with Crippen molar-refractivity contribution in [2.75, 3.05) is 13.2 Å². The Kier molecular flexibility index (Phi) is 4.83. The molecule has 1 aromatic carbocycles. The molecule has 0 unspecified atom stereocenters. The van der Waals surface area contributed by atoms with Gasteiger partial charge in [-0.2, -0.15) is 5.10 Å². The summed E-state index contributed by atoms with van der Waals surface area (Å²) >= 11 is 0. The summed E-state index contributed by atoms with van der Waals surface area (Å²) in [5, 5.41) is 7.16. The lowest BCUT2D eigenvalue weighted by Gasteiger charge is -2.18. The number of aromatic nitrogens is 2. The van der Waals surface area contributed by atoms with Crippen molar-refractivity contribution in [3.05, 3.63) is 51.9 Å². The van der Waals surface area contributed by atoms with Crippen molar-refractivity contribution in [2.24, 2.45) is 0 Å². The summed E-state index contributed by atoms with van der Waals surface area (Å²) in [6.45, 7) is 4.60. The number of rotatable bonds is 7. The summed E-state index contributed by atoms with van der Waals surface area (Å²) in [5.74, 6) is 1.53. The Labute approximate surface area is 163 Å². The summed E-state index contributed by atoms with van der Waals surface area (Å²) in [6.07, 6.45) is 3.07. The molecule has 1 aliphatic heterocycles. The third kappa shape index (κ3) is 4.18. The molecule has 0 bridgehead atoms. The lowest BCUT2D eigenvalue weighted by molar-refractivity contribution is -0.123. The summed E-state index contributed by atoms with van der Waals surface area (Å²) in [4.78, 5) is 24.0. The van der Waals surface area contributed by atoms with E-state index in [1.54, 1.807) is 18.2 Å². The summed E-state index contributed by atoms with van der Waals surface area (Å²) in [5.41, 5.74) is 1.62. The highest BCUT2D eigenvalue weighted by Crippen LogP contribution is 2.41. The van der Waals surface area contributed by atoms with E-state index in [0.29, 0.717) is 30.5 Å². The van der Waals surface area contributed by atoms with Crippen LogP contribution in [0.2, 0.25) is 0 Å². The predicted octanol–water partition coefficient (Wildman–Crippen LogP) is 2.03. The topological polar surface area (TPSA) is 82.5 Å². The molecule has 2 aliphatic rings. The minimum absolute atomic E-state index is 0.106. The van der Waals surface area contributed by atoms with Crippen LogP contribution in [0.3, 0.4) is 0 Å². The molecule has 1 N–H and O–H groups in total. The Morgan fingerprint density at radius 1 is 1.32 bits per heavy atom. The van der Waals surface area contributed by atoms with Gasteiger partial charge in [0.15, 0.2) is 18.1 Å². The molecule has 2 heterocycles. The second-order valence-corrected chi connectivity index (χ2v) is 8.02. The Morgan fingerprint density at radius 2 is 2.14 bits per heavy atom. The van der Waals surface area contributed by atoms with Crippen molar-refractivity contribution in [1.29, 1.82) is 0 Å². The van der Waals surface area contributed by atoms with Gasteiger partial charge in [0, 0.05) is 30.5 Å². The van der Waals surface area contributed by atoms with Crippen LogP contribution in [-0.4, -0.2) is 34.4 Å². The van der Waals surface area contributed by atoms with E-state index in [9.17, 15) is 9.59 Å². The van der Waals surface area contributed by atoms with Crippen LogP contribution < -0.4 is 20.3 Å². The highest BCUT2D eigenvalue weighted by molar-refractivity contribution is 5.77. The van der Waals surface area contributed by atoms with Gasteiger partial charge >= 0.3 is 0 Å². The normalized spacial score (nSPS) is 16.9. The van der Waals surface area contributed by atoms with Crippen LogP contribution in [0.5, 0.6) is 11.5 Å². The number of hydrogen-bond donors (Lipinski definition) is 1. The quantitative estimate of drug-likeness (QED) is 0.791. The molecule has 28 heavy (non-hydrogen) atoms. The van der Waals surface area contributed by atoms with Gasteiger partial charge in [-0.05, 0) is 38.8 Å². The van der Waals surface area contributed by atoms with Gasteiger partial charge < -0.3 is 14.8 Å². The van der Waals surface area contributed by atoms with E-state index in [1.165, 1.54) is 4.68 Å². The van der Waals surface area contributed by atoms with Gasteiger partial charge in [-0.15, -0.1) is 0 Å². The van der Waals surface area contributed by atoms with Crippen molar-refractivity contribution >= 4 is 5.91 Å². The first-order valence-corrected chi connectivity index (χ1v) is 9.70. The first-order chi connectivity index (χ1) is 13.4. The third-order valence-corrected chi connectivity index (χ3v) is 4.94. The lowest BCUT2D eigenvalue weighted by atomic mass is 10.0. The SMILES string of the molecule is CC1(C)Cc2cccc(OCC(=O)NCCn3nc(C4CC4)ccc3=O)c2O1. The molecule has 1 aliphatic carbocycles. The van der Waals surface area contributed by atoms with Crippen LogP contribution >= 0.6 is 0 Å². The minimum atomic E-state index is -0.265. The molecule has 1 fully saturated rings.